The molecule has 0 aliphatic heterocycles. The van der Waals surface area contributed by atoms with Crippen LogP contribution in [0.1, 0.15) is 22.3 Å². The van der Waals surface area contributed by atoms with Crippen molar-refractivity contribution in [1.29, 1.82) is 0 Å². The predicted octanol–water partition coefficient (Wildman–Crippen LogP) is 3.35. The average molecular weight is 269 g/mol. The van der Waals surface area contributed by atoms with Crippen molar-refractivity contribution in [3.8, 4) is 10.6 Å². The molecule has 0 aliphatic carbocycles. The summed E-state index contributed by atoms with van der Waals surface area (Å²) in [6, 6.07) is 3.48. The number of halogens is 2. The zero-order valence-electron chi connectivity index (χ0n) is 9.41. The summed E-state index contributed by atoms with van der Waals surface area (Å²) in [5, 5.41) is 9.03. The van der Waals surface area contributed by atoms with Gasteiger partial charge in [-0.15, -0.1) is 11.3 Å². The molecule has 0 amide bonds. The quantitative estimate of drug-likeness (QED) is 0.929. The number of aryl methyl sites for hydroxylation is 1. The second kappa shape index (κ2) is 4.81. The second-order valence-electron chi connectivity index (χ2n) is 3.55. The molecule has 94 valence electrons. The highest BCUT2D eigenvalue weighted by Crippen LogP contribution is 2.32. The highest BCUT2D eigenvalue weighted by molar-refractivity contribution is 7.17. The second-order valence-corrected chi connectivity index (χ2v) is 4.55. The number of hydrogen-bond acceptors (Lipinski definition) is 3. The van der Waals surface area contributed by atoms with Crippen molar-refractivity contribution >= 4 is 17.3 Å². The van der Waals surface area contributed by atoms with Crippen LogP contribution < -0.4 is 0 Å². The minimum Gasteiger partial charge on any atom is -0.477 e. The van der Waals surface area contributed by atoms with Gasteiger partial charge in [0, 0.05) is 0 Å². The zero-order chi connectivity index (χ0) is 13.3. The fraction of sp³-hybridized carbons (Fsp3) is 0.167. The normalized spacial score (nSPS) is 10.6. The Hall–Kier alpha value is -1.82. The number of nitrogens with zero attached hydrogens (tertiary/aromatic N) is 1. The minimum absolute atomic E-state index is 0.0233. The lowest BCUT2D eigenvalue weighted by Crippen LogP contribution is -1.97. The van der Waals surface area contributed by atoms with Gasteiger partial charge in [0.2, 0.25) is 0 Å². The summed E-state index contributed by atoms with van der Waals surface area (Å²) in [6.45, 7) is 1.74. The Kier molecular flexibility index (Phi) is 3.38. The van der Waals surface area contributed by atoms with Crippen LogP contribution in [-0.4, -0.2) is 16.1 Å². The maximum Gasteiger partial charge on any atom is 0.347 e. The largest absolute Gasteiger partial charge is 0.477 e. The van der Waals surface area contributed by atoms with Crippen molar-refractivity contribution < 1.29 is 18.7 Å². The molecular formula is C12H9F2NO2S. The van der Waals surface area contributed by atoms with Crippen LogP contribution in [0.2, 0.25) is 0 Å². The lowest BCUT2D eigenvalue weighted by Gasteiger charge is -1.99. The summed E-state index contributed by atoms with van der Waals surface area (Å²) in [7, 11) is 0. The number of thiazole rings is 1. The smallest absolute Gasteiger partial charge is 0.347 e. The molecule has 0 saturated carbocycles. The molecule has 1 N–H and O–H groups in total. The molecule has 2 aromatic rings. The first-order chi connectivity index (χ1) is 8.54. The summed E-state index contributed by atoms with van der Waals surface area (Å²) in [5.74, 6) is -2.63. The molecule has 0 spiro atoms. The number of carbonyl (C=O) groups is 1. The van der Waals surface area contributed by atoms with Gasteiger partial charge in [-0.25, -0.2) is 18.6 Å². The van der Waals surface area contributed by atoms with Crippen LogP contribution >= 0.6 is 11.3 Å². The van der Waals surface area contributed by atoms with Gasteiger partial charge < -0.3 is 5.11 Å². The van der Waals surface area contributed by atoms with Crippen LogP contribution in [0, 0.1) is 11.6 Å². The lowest BCUT2D eigenvalue weighted by molar-refractivity contribution is 0.0701. The Morgan fingerprint density at radius 1 is 1.39 bits per heavy atom. The van der Waals surface area contributed by atoms with E-state index in [9.17, 15) is 13.6 Å². The Balaban J connectivity index is 2.62. The van der Waals surface area contributed by atoms with Gasteiger partial charge in [-0.3, -0.25) is 0 Å². The van der Waals surface area contributed by atoms with Crippen molar-refractivity contribution in [3.63, 3.8) is 0 Å². The Morgan fingerprint density at radius 2 is 2.00 bits per heavy atom. The Labute approximate surface area is 106 Å². The van der Waals surface area contributed by atoms with Crippen molar-refractivity contribution in [2.24, 2.45) is 0 Å². The van der Waals surface area contributed by atoms with Crippen LogP contribution in [-0.2, 0) is 6.42 Å². The molecular weight excluding hydrogens is 260 g/mol. The molecule has 0 aliphatic rings. The van der Waals surface area contributed by atoms with Crippen LogP contribution in [0.4, 0.5) is 8.78 Å². The maximum atomic E-state index is 13.6. The van der Waals surface area contributed by atoms with Crippen molar-refractivity contribution in [2.45, 2.75) is 13.3 Å². The topological polar surface area (TPSA) is 50.2 Å². The molecule has 0 saturated heterocycles. The maximum absolute atomic E-state index is 13.6. The predicted molar refractivity (Wildman–Crippen MR) is 63.8 cm³/mol. The van der Waals surface area contributed by atoms with E-state index in [0.717, 1.165) is 23.5 Å². The first kappa shape index (κ1) is 12.6. The van der Waals surface area contributed by atoms with Gasteiger partial charge in [0.15, 0.2) is 0 Å². The fourth-order valence-corrected chi connectivity index (χ4v) is 2.61. The van der Waals surface area contributed by atoms with Crippen LogP contribution in [0.25, 0.3) is 10.6 Å². The van der Waals surface area contributed by atoms with Gasteiger partial charge in [-0.1, -0.05) is 13.0 Å². The number of carboxylic acid groups (broad SMARTS) is 1. The van der Waals surface area contributed by atoms with E-state index < -0.39 is 17.6 Å². The summed E-state index contributed by atoms with van der Waals surface area (Å²) >= 11 is 0.783. The monoisotopic (exact) mass is 269 g/mol. The van der Waals surface area contributed by atoms with E-state index in [1.807, 2.05) is 0 Å². The lowest BCUT2D eigenvalue weighted by atomic mass is 10.2. The van der Waals surface area contributed by atoms with Gasteiger partial charge in [-0.05, 0) is 18.6 Å². The molecule has 0 unspecified atom stereocenters. The van der Waals surface area contributed by atoms with E-state index in [1.54, 1.807) is 6.92 Å². The molecule has 0 atom stereocenters. The average Bonchev–Trinajstić information content (AvgIpc) is 2.73. The first-order valence-electron chi connectivity index (χ1n) is 5.22. The molecule has 0 bridgehead atoms. The standard InChI is InChI=1S/C12H9F2NO2S/c1-2-8-10(12(16)17)18-11(15-8)9-6(13)4-3-5-7(9)14/h3-5H,2H2,1H3,(H,16,17). The molecule has 2 rings (SSSR count). The summed E-state index contributed by atoms with van der Waals surface area (Å²) in [5.41, 5.74) is 0.0647. The number of benzene rings is 1. The number of aromatic carboxylic acids is 1. The van der Waals surface area contributed by atoms with Gasteiger partial charge in [0.1, 0.15) is 21.5 Å². The highest BCUT2D eigenvalue weighted by atomic mass is 32.1. The van der Waals surface area contributed by atoms with Crippen LogP contribution in [0.5, 0.6) is 0 Å². The first-order valence-corrected chi connectivity index (χ1v) is 6.03. The third kappa shape index (κ3) is 2.11. The van der Waals surface area contributed by atoms with Gasteiger partial charge in [0.05, 0.1) is 11.3 Å². The number of hydrogen-bond donors (Lipinski definition) is 1. The Morgan fingerprint density at radius 3 is 2.44 bits per heavy atom. The molecule has 18 heavy (non-hydrogen) atoms. The van der Waals surface area contributed by atoms with Gasteiger partial charge in [-0.2, -0.15) is 0 Å². The van der Waals surface area contributed by atoms with E-state index in [-0.39, 0.29) is 15.4 Å². The summed E-state index contributed by atoms with van der Waals surface area (Å²) < 4.78 is 27.1. The van der Waals surface area contributed by atoms with Gasteiger partial charge >= 0.3 is 5.97 Å². The Bertz CT molecular complexity index is 590. The third-order valence-electron chi connectivity index (χ3n) is 2.40. The van der Waals surface area contributed by atoms with Crippen molar-refractivity contribution in [1.82, 2.24) is 4.98 Å². The molecule has 0 radical (unpaired) electrons. The molecule has 0 fully saturated rings. The number of rotatable bonds is 3. The molecule has 3 nitrogen and oxygen atoms in total. The van der Waals surface area contributed by atoms with E-state index in [0.29, 0.717) is 12.1 Å². The van der Waals surface area contributed by atoms with E-state index in [2.05, 4.69) is 4.98 Å². The summed E-state index contributed by atoms with van der Waals surface area (Å²) in [4.78, 5) is 15.0. The molecule has 1 aromatic heterocycles. The third-order valence-corrected chi connectivity index (χ3v) is 3.51. The van der Waals surface area contributed by atoms with Gasteiger partial charge in [0.25, 0.3) is 0 Å². The summed E-state index contributed by atoms with van der Waals surface area (Å²) in [6.07, 6.45) is 0.397. The van der Waals surface area contributed by atoms with E-state index in [4.69, 9.17) is 5.11 Å². The van der Waals surface area contributed by atoms with Crippen molar-refractivity contribution in [3.05, 3.63) is 40.4 Å². The van der Waals surface area contributed by atoms with Crippen molar-refractivity contribution in [2.75, 3.05) is 0 Å². The van der Waals surface area contributed by atoms with Crippen LogP contribution in [0.15, 0.2) is 18.2 Å². The SMILES string of the molecule is CCc1nc(-c2c(F)cccc2F)sc1C(=O)O. The molecule has 1 aromatic carbocycles. The fourth-order valence-electron chi connectivity index (χ4n) is 1.57. The van der Waals surface area contributed by atoms with E-state index in [1.165, 1.54) is 6.07 Å². The zero-order valence-corrected chi connectivity index (χ0v) is 10.2. The minimum atomic E-state index is -1.13. The number of aromatic nitrogens is 1. The number of carboxylic acids is 1. The van der Waals surface area contributed by atoms with Crippen LogP contribution in [0.3, 0.4) is 0 Å². The van der Waals surface area contributed by atoms with E-state index >= 15 is 0 Å². The molecule has 6 heteroatoms. The highest BCUT2D eigenvalue weighted by Gasteiger charge is 2.20. The molecule has 1 heterocycles.